The average molecular weight is 187 g/mol. The van der Waals surface area contributed by atoms with Crippen molar-refractivity contribution in [3.05, 3.63) is 30.3 Å². The summed E-state index contributed by atoms with van der Waals surface area (Å²) >= 11 is 0. The molecule has 0 spiro atoms. The third kappa shape index (κ3) is 1.57. The summed E-state index contributed by atoms with van der Waals surface area (Å²) in [5.74, 6) is 3.52. The van der Waals surface area contributed by atoms with Crippen LogP contribution in [-0.4, -0.2) is 16.1 Å². The van der Waals surface area contributed by atoms with Crippen LogP contribution in [0, 0.1) is 11.8 Å². The van der Waals surface area contributed by atoms with Crippen LogP contribution in [0.4, 0.5) is 0 Å². The van der Waals surface area contributed by atoms with Gasteiger partial charge in [0.05, 0.1) is 0 Å². The largest absolute Gasteiger partial charge is 0.472 e. The van der Waals surface area contributed by atoms with Crippen LogP contribution in [0.3, 0.4) is 0 Å². The van der Waals surface area contributed by atoms with Gasteiger partial charge in [0.25, 0.3) is 0 Å². The van der Waals surface area contributed by atoms with Crippen molar-refractivity contribution in [3.63, 3.8) is 0 Å². The lowest BCUT2D eigenvalue weighted by Gasteiger charge is -1.81. The van der Waals surface area contributed by atoms with Crippen molar-refractivity contribution in [1.82, 2.24) is 4.98 Å². The lowest BCUT2D eigenvalue weighted by Crippen LogP contribution is -1.86. The second-order valence-electron chi connectivity index (χ2n) is 2.58. The summed E-state index contributed by atoms with van der Waals surface area (Å²) in [6, 6.07) is 3.35. The van der Waals surface area contributed by atoms with Crippen molar-refractivity contribution < 1.29 is 14.3 Å². The highest BCUT2D eigenvalue weighted by Gasteiger charge is 1.99. The van der Waals surface area contributed by atoms with E-state index in [1.165, 1.54) is 0 Å². The summed E-state index contributed by atoms with van der Waals surface area (Å²) in [7, 11) is 0. The summed E-state index contributed by atoms with van der Waals surface area (Å²) in [5, 5.41) is 9.13. The standard InChI is InChI=1S/C10H5NO3/c12-10(13)2-1-8-5-7-6-11-4-3-9(7)14-8/h3-6H,(H,12,13). The number of furan rings is 1. The zero-order chi connectivity index (χ0) is 9.97. The van der Waals surface area contributed by atoms with Crippen LogP contribution in [-0.2, 0) is 4.79 Å². The van der Waals surface area contributed by atoms with Gasteiger partial charge in [0, 0.05) is 29.8 Å². The summed E-state index contributed by atoms with van der Waals surface area (Å²) in [6.07, 6.45) is 3.23. The molecule has 0 atom stereocenters. The van der Waals surface area contributed by atoms with Crippen molar-refractivity contribution in [3.8, 4) is 11.8 Å². The lowest BCUT2D eigenvalue weighted by molar-refractivity contribution is -0.130. The van der Waals surface area contributed by atoms with Gasteiger partial charge in [-0.15, -0.1) is 0 Å². The van der Waals surface area contributed by atoms with E-state index in [1.807, 2.05) is 5.92 Å². The van der Waals surface area contributed by atoms with Crippen LogP contribution in [0.25, 0.3) is 11.0 Å². The minimum absolute atomic E-state index is 0.329. The first-order chi connectivity index (χ1) is 6.75. The maximum Gasteiger partial charge on any atom is 0.382 e. The summed E-state index contributed by atoms with van der Waals surface area (Å²) < 4.78 is 5.24. The average Bonchev–Trinajstić information content (AvgIpc) is 2.57. The highest BCUT2D eigenvalue weighted by molar-refractivity contribution is 5.87. The van der Waals surface area contributed by atoms with Crippen LogP contribution >= 0.6 is 0 Å². The van der Waals surface area contributed by atoms with Gasteiger partial charge in [0.2, 0.25) is 0 Å². The van der Waals surface area contributed by atoms with E-state index >= 15 is 0 Å². The van der Waals surface area contributed by atoms with E-state index in [-0.39, 0.29) is 0 Å². The fourth-order valence-corrected chi connectivity index (χ4v) is 1.06. The van der Waals surface area contributed by atoms with E-state index in [0.717, 1.165) is 5.39 Å². The predicted octanol–water partition coefficient (Wildman–Crippen LogP) is 1.26. The highest BCUT2D eigenvalue weighted by Crippen LogP contribution is 2.16. The van der Waals surface area contributed by atoms with E-state index < -0.39 is 5.97 Å². The maximum absolute atomic E-state index is 10.2. The molecule has 4 nitrogen and oxygen atoms in total. The molecule has 0 bridgehead atoms. The molecule has 14 heavy (non-hydrogen) atoms. The number of nitrogens with zero attached hydrogens (tertiary/aromatic N) is 1. The molecule has 4 heteroatoms. The van der Waals surface area contributed by atoms with Gasteiger partial charge in [-0.2, -0.15) is 0 Å². The fourth-order valence-electron chi connectivity index (χ4n) is 1.06. The Hall–Kier alpha value is -2.28. The quantitative estimate of drug-likeness (QED) is 0.630. The molecule has 0 aliphatic heterocycles. The number of carbonyl (C=O) groups is 1. The minimum Gasteiger partial charge on any atom is -0.472 e. The third-order valence-electron chi connectivity index (χ3n) is 1.61. The molecule has 0 saturated carbocycles. The fraction of sp³-hybridized carbons (Fsp3) is 0. The second kappa shape index (κ2) is 3.23. The number of hydrogen-bond donors (Lipinski definition) is 1. The number of fused-ring (bicyclic) bond motifs is 1. The van der Waals surface area contributed by atoms with E-state index in [9.17, 15) is 4.79 Å². The van der Waals surface area contributed by atoms with Crippen molar-refractivity contribution >= 4 is 16.9 Å². The number of rotatable bonds is 0. The number of pyridine rings is 1. The Morgan fingerprint density at radius 1 is 1.57 bits per heavy atom. The van der Waals surface area contributed by atoms with Crippen molar-refractivity contribution in [2.75, 3.05) is 0 Å². The van der Waals surface area contributed by atoms with Crippen molar-refractivity contribution in [2.45, 2.75) is 0 Å². The first kappa shape index (κ1) is 8.32. The molecule has 0 amide bonds. The molecule has 2 heterocycles. The predicted molar refractivity (Wildman–Crippen MR) is 48.5 cm³/mol. The summed E-state index contributed by atoms with van der Waals surface area (Å²) in [4.78, 5) is 14.1. The molecular formula is C10H5NO3. The Kier molecular flexibility index (Phi) is 1.92. The first-order valence-electron chi connectivity index (χ1n) is 3.84. The molecule has 0 saturated heterocycles. The van der Waals surface area contributed by atoms with Gasteiger partial charge in [-0.25, -0.2) is 4.79 Å². The van der Waals surface area contributed by atoms with Crippen molar-refractivity contribution in [2.24, 2.45) is 0 Å². The molecule has 0 aliphatic rings. The summed E-state index contributed by atoms with van der Waals surface area (Å²) in [5.41, 5.74) is 0.648. The molecule has 0 aromatic carbocycles. The van der Waals surface area contributed by atoms with Gasteiger partial charge < -0.3 is 9.52 Å². The molecule has 0 fully saturated rings. The van der Waals surface area contributed by atoms with Gasteiger partial charge in [-0.05, 0) is 12.0 Å². The number of aromatic nitrogens is 1. The van der Waals surface area contributed by atoms with Gasteiger partial charge >= 0.3 is 5.97 Å². The molecule has 1 N–H and O–H groups in total. The zero-order valence-electron chi connectivity index (χ0n) is 7.02. The SMILES string of the molecule is O=C(O)C#Cc1cc2cnccc2o1. The first-order valence-corrected chi connectivity index (χ1v) is 3.84. The molecule has 2 aromatic rings. The van der Waals surface area contributed by atoms with E-state index in [0.29, 0.717) is 11.3 Å². The Bertz CT molecular complexity index is 512. The van der Waals surface area contributed by atoms with Gasteiger partial charge in [0.15, 0.2) is 5.76 Å². The van der Waals surface area contributed by atoms with Crippen LogP contribution in [0.5, 0.6) is 0 Å². The van der Waals surface area contributed by atoms with Gasteiger partial charge in [-0.3, -0.25) is 4.98 Å². The minimum atomic E-state index is -1.18. The molecule has 0 aliphatic carbocycles. The number of carboxylic acids is 1. The molecule has 68 valence electrons. The van der Waals surface area contributed by atoms with E-state index in [4.69, 9.17) is 9.52 Å². The van der Waals surface area contributed by atoms with Crippen LogP contribution in [0.1, 0.15) is 5.76 Å². The van der Waals surface area contributed by atoms with Crippen LogP contribution in [0.15, 0.2) is 28.9 Å². The lowest BCUT2D eigenvalue weighted by atomic mass is 10.3. The van der Waals surface area contributed by atoms with Gasteiger partial charge in [-0.1, -0.05) is 0 Å². The summed E-state index contributed by atoms with van der Waals surface area (Å²) in [6.45, 7) is 0. The molecular weight excluding hydrogens is 182 g/mol. The third-order valence-corrected chi connectivity index (χ3v) is 1.61. The van der Waals surface area contributed by atoms with Crippen molar-refractivity contribution in [1.29, 1.82) is 0 Å². The Morgan fingerprint density at radius 3 is 3.14 bits per heavy atom. The monoisotopic (exact) mass is 187 g/mol. The molecule has 2 aromatic heterocycles. The number of aliphatic carboxylic acids is 1. The van der Waals surface area contributed by atoms with Gasteiger partial charge in [0.1, 0.15) is 5.58 Å². The Balaban J connectivity index is 2.47. The van der Waals surface area contributed by atoms with E-state index in [2.05, 4.69) is 10.9 Å². The Morgan fingerprint density at radius 2 is 2.43 bits per heavy atom. The Labute approximate surface area is 79.2 Å². The van der Waals surface area contributed by atoms with Crippen LogP contribution < -0.4 is 0 Å². The smallest absolute Gasteiger partial charge is 0.382 e. The number of hydrogen-bond acceptors (Lipinski definition) is 3. The second-order valence-corrected chi connectivity index (χ2v) is 2.58. The highest BCUT2D eigenvalue weighted by atomic mass is 16.4. The number of carboxylic acid groups (broad SMARTS) is 1. The molecule has 0 radical (unpaired) electrons. The maximum atomic E-state index is 10.2. The van der Waals surface area contributed by atoms with E-state index in [1.54, 1.807) is 24.5 Å². The molecule has 0 unspecified atom stereocenters. The molecule has 2 rings (SSSR count). The topological polar surface area (TPSA) is 63.3 Å². The zero-order valence-corrected chi connectivity index (χ0v) is 7.02. The normalized spacial score (nSPS) is 9.43. The van der Waals surface area contributed by atoms with Crippen LogP contribution in [0.2, 0.25) is 0 Å².